The Kier molecular flexibility index (Phi) is 3.08. The Morgan fingerprint density at radius 3 is 2.83 bits per heavy atom. The lowest BCUT2D eigenvalue weighted by atomic mass is 10.1. The van der Waals surface area contributed by atoms with E-state index in [4.69, 9.17) is 0 Å². The fourth-order valence-corrected chi connectivity index (χ4v) is 3.37. The fraction of sp³-hybridized carbons (Fsp3) is 0.500. The molecule has 1 aliphatic heterocycles. The monoisotopic (exact) mass is 263 g/mol. The summed E-state index contributed by atoms with van der Waals surface area (Å²) < 4.78 is 0. The third-order valence-corrected chi connectivity index (χ3v) is 4.52. The van der Waals surface area contributed by atoms with Gasteiger partial charge in [-0.1, -0.05) is 24.3 Å². The number of rotatable bonds is 2. The number of likely N-dealkylation sites (tertiary alicyclic amines) is 1. The molecule has 1 aliphatic carbocycles. The van der Waals surface area contributed by atoms with Gasteiger partial charge in [0.15, 0.2) is 0 Å². The third kappa shape index (κ3) is 1.84. The van der Waals surface area contributed by atoms with E-state index in [1.165, 1.54) is 0 Å². The molecule has 0 bridgehead atoms. The highest BCUT2D eigenvalue weighted by atomic mass is 32.1. The first-order valence-corrected chi connectivity index (χ1v) is 7.00. The summed E-state index contributed by atoms with van der Waals surface area (Å²) in [6.45, 7) is 0.721. The van der Waals surface area contributed by atoms with Crippen molar-refractivity contribution in [2.75, 3.05) is 12.3 Å². The van der Waals surface area contributed by atoms with Crippen molar-refractivity contribution in [2.45, 2.75) is 25.0 Å². The third-order valence-electron chi connectivity index (χ3n) is 4.00. The summed E-state index contributed by atoms with van der Waals surface area (Å²) in [5.41, 5.74) is 2.27. The van der Waals surface area contributed by atoms with E-state index < -0.39 is 6.10 Å². The minimum Gasteiger partial charge on any atom is -0.390 e. The largest absolute Gasteiger partial charge is 0.390 e. The highest BCUT2D eigenvalue weighted by Crippen LogP contribution is 2.39. The lowest BCUT2D eigenvalue weighted by molar-refractivity contribution is -0.131. The summed E-state index contributed by atoms with van der Waals surface area (Å²) in [4.78, 5) is 13.9. The topological polar surface area (TPSA) is 40.5 Å². The number of hydrogen-bond acceptors (Lipinski definition) is 3. The van der Waals surface area contributed by atoms with E-state index in [1.54, 1.807) is 0 Å². The molecule has 1 N–H and O–H groups in total. The smallest absolute Gasteiger partial charge is 0.223 e. The van der Waals surface area contributed by atoms with Gasteiger partial charge in [0, 0.05) is 19.4 Å². The zero-order valence-electron chi connectivity index (χ0n) is 10.1. The molecule has 4 heteroatoms. The molecule has 1 aromatic carbocycles. The van der Waals surface area contributed by atoms with Crippen LogP contribution in [0.1, 0.15) is 23.6 Å². The first kappa shape index (κ1) is 12.1. The van der Waals surface area contributed by atoms with Crippen LogP contribution in [-0.4, -0.2) is 34.3 Å². The number of carbonyl (C=O) groups is 1. The van der Waals surface area contributed by atoms with Gasteiger partial charge in [-0.05, 0) is 22.8 Å². The predicted octanol–water partition coefficient (Wildman–Crippen LogP) is 1.42. The molecule has 1 fully saturated rings. The van der Waals surface area contributed by atoms with Crippen LogP contribution < -0.4 is 0 Å². The zero-order chi connectivity index (χ0) is 12.7. The van der Waals surface area contributed by atoms with Crippen LogP contribution in [0.25, 0.3) is 0 Å². The molecule has 1 amide bonds. The number of aliphatic hydroxyl groups is 1. The van der Waals surface area contributed by atoms with Crippen LogP contribution in [0.3, 0.4) is 0 Å². The maximum Gasteiger partial charge on any atom is 0.223 e. The van der Waals surface area contributed by atoms with Gasteiger partial charge in [0.25, 0.3) is 0 Å². The molecule has 1 heterocycles. The molecule has 3 nitrogen and oxygen atoms in total. The molecule has 1 aromatic rings. The summed E-state index contributed by atoms with van der Waals surface area (Å²) in [7, 11) is 0. The summed E-state index contributed by atoms with van der Waals surface area (Å²) in [5, 5.41) is 10.2. The number of aliphatic hydroxyl groups excluding tert-OH is 1. The minimum absolute atomic E-state index is 0.148. The van der Waals surface area contributed by atoms with Crippen molar-refractivity contribution in [1.82, 2.24) is 4.90 Å². The number of nitrogens with zero attached hydrogens (tertiary/aromatic N) is 1. The van der Waals surface area contributed by atoms with E-state index in [1.807, 2.05) is 29.2 Å². The zero-order valence-corrected chi connectivity index (χ0v) is 11.0. The van der Waals surface area contributed by atoms with Gasteiger partial charge in [0.1, 0.15) is 0 Å². The normalized spacial score (nSPS) is 30.9. The average Bonchev–Trinajstić information content (AvgIpc) is 2.88. The van der Waals surface area contributed by atoms with Crippen LogP contribution in [0, 0.1) is 5.92 Å². The molecule has 3 unspecified atom stereocenters. The second-order valence-electron chi connectivity index (χ2n) is 5.21. The van der Waals surface area contributed by atoms with E-state index >= 15 is 0 Å². The van der Waals surface area contributed by atoms with Crippen LogP contribution in [-0.2, 0) is 11.2 Å². The quantitative estimate of drug-likeness (QED) is 0.792. The van der Waals surface area contributed by atoms with Crippen molar-refractivity contribution < 1.29 is 9.90 Å². The molecule has 18 heavy (non-hydrogen) atoms. The SMILES string of the molecule is O=C1CC(CS)CN1C1c2ccccc2CC1O. The van der Waals surface area contributed by atoms with Crippen molar-refractivity contribution in [3.05, 3.63) is 35.4 Å². The van der Waals surface area contributed by atoms with Crippen LogP contribution in [0.15, 0.2) is 24.3 Å². The van der Waals surface area contributed by atoms with E-state index in [0.29, 0.717) is 18.8 Å². The summed E-state index contributed by atoms with van der Waals surface area (Å²) in [6, 6.07) is 7.86. The van der Waals surface area contributed by atoms with Crippen LogP contribution in [0.4, 0.5) is 0 Å². The van der Waals surface area contributed by atoms with Gasteiger partial charge in [0.2, 0.25) is 5.91 Å². The Morgan fingerprint density at radius 2 is 2.11 bits per heavy atom. The summed E-state index contributed by atoms with van der Waals surface area (Å²) in [6.07, 6.45) is 0.746. The Morgan fingerprint density at radius 1 is 1.33 bits per heavy atom. The summed E-state index contributed by atoms with van der Waals surface area (Å²) in [5.74, 6) is 1.20. The number of hydrogen-bond donors (Lipinski definition) is 2. The molecule has 2 aliphatic rings. The number of amides is 1. The van der Waals surface area contributed by atoms with E-state index in [9.17, 15) is 9.90 Å². The standard InChI is InChI=1S/C14H17NO2S/c16-12-6-10-3-1-2-4-11(10)14(12)15-7-9(8-18)5-13(15)17/h1-4,9,12,14,16,18H,5-8H2. The second-order valence-corrected chi connectivity index (χ2v) is 5.58. The van der Waals surface area contributed by atoms with Gasteiger partial charge in [0.05, 0.1) is 12.1 Å². The Hall–Kier alpha value is -1.00. The van der Waals surface area contributed by atoms with Gasteiger partial charge >= 0.3 is 0 Å². The second kappa shape index (κ2) is 4.59. The minimum atomic E-state index is -0.468. The molecule has 0 saturated carbocycles. The van der Waals surface area contributed by atoms with Gasteiger partial charge in [-0.25, -0.2) is 0 Å². The highest BCUT2D eigenvalue weighted by Gasteiger charge is 2.41. The van der Waals surface area contributed by atoms with Crippen LogP contribution in [0.2, 0.25) is 0 Å². The molecule has 3 rings (SSSR count). The van der Waals surface area contributed by atoms with Crippen molar-refractivity contribution in [2.24, 2.45) is 5.92 Å². The lowest BCUT2D eigenvalue weighted by Crippen LogP contribution is -2.35. The van der Waals surface area contributed by atoms with E-state index in [2.05, 4.69) is 12.6 Å². The maximum absolute atomic E-state index is 12.1. The average molecular weight is 263 g/mol. The van der Waals surface area contributed by atoms with Gasteiger partial charge in [-0.2, -0.15) is 12.6 Å². The first-order valence-electron chi connectivity index (χ1n) is 6.37. The molecule has 0 radical (unpaired) electrons. The molecule has 3 atom stereocenters. The van der Waals surface area contributed by atoms with Crippen LogP contribution in [0.5, 0.6) is 0 Å². The predicted molar refractivity (Wildman–Crippen MR) is 72.6 cm³/mol. The van der Waals surface area contributed by atoms with Crippen molar-refractivity contribution in [3.8, 4) is 0 Å². The number of thiol groups is 1. The summed E-state index contributed by atoms with van der Waals surface area (Å²) >= 11 is 4.28. The van der Waals surface area contributed by atoms with Gasteiger partial charge < -0.3 is 10.0 Å². The molecule has 0 spiro atoms. The van der Waals surface area contributed by atoms with Crippen molar-refractivity contribution >= 4 is 18.5 Å². The van der Waals surface area contributed by atoms with Crippen LogP contribution >= 0.6 is 12.6 Å². The molecular formula is C14H17NO2S. The number of fused-ring (bicyclic) bond motifs is 1. The first-order chi connectivity index (χ1) is 8.70. The van der Waals surface area contributed by atoms with E-state index in [0.717, 1.165) is 23.4 Å². The maximum atomic E-state index is 12.1. The number of carbonyl (C=O) groups excluding carboxylic acids is 1. The Bertz CT molecular complexity index is 477. The Labute approximate surface area is 112 Å². The van der Waals surface area contributed by atoms with Crippen molar-refractivity contribution in [1.29, 1.82) is 0 Å². The lowest BCUT2D eigenvalue weighted by Gasteiger charge is -2.28. The molecule has 96 valence electrons. The van der Waals surface area contributed by atoms with E-state index in [-0.39, 0.29) is 11.9 Å². The van der Waals surface area contributed by atoms with Gasteiger partial charge in [-0.15, -0.1) is 0 Å². The number of benzene rings is 1. The molecule has 0 aromatic heterocycles. The highest BCUT2D eigenvalue weighted by molar-refractivity contribution is 7.80. The van der Waals surface area contributed by atoms with Crippen molar-refractivity contribution in [3.63, 3.8) is 0 Å². The molecular weight excluding hydrogens is 246 g/mol. The Balaban J connectivity index is 1.91. The molecule has 1 saturated heterocycles. The van der Waals surface area contributed by atoms with Gasteiger partial charge in [-0.3, -0.25) is 4.79 Å². The fourth-order valence-electron chi connectivity index (χ4n) is 3.13.